The molecule has 5 rings (SSSR count). The van der Waals surface area contributed by atoms with E-state index in [9.17, 15) is 14.4 Å². The Morgan fingerprint density at radius 1 is 1.18 bits per heavy atom. The van der Waals surface area contributed by atoms with Gasteiger partial charge >= 0.3 is 0 Å². The topological polar surface area (TPSA) is 89.0 Å². The first-order valence-corrected chi connectivity index (χ1v) is 12.3. The van der Waals surface area contributed by atoms with Crippen LogP contribution in [-0.4, -0.2) is 48.6 Å². The maximum atomic E-state index is 13.6. The van der Waals surface area contributed by atoms with Crippen LogP contribution >= 0.6 is 11.3 Å². The molecule has 1 unspecified atom stereocenters. The number of fused-ring (bicyclic) bond motifs is 1. The molecule has 9 heteroatoms. The Morgan fingerprint density at radius 2 is 1.94 bits per heavy atom. The fourth-order valence-corrected chi connectivity index (χ4v) is 5.28. The molecule has 0 saturated carbocycles. The number of rotatable bonds is 7. The van der Waals surface area contributed by atoms with Gasteiger partial charge in [-0.2, -0.15) is 0 Å². The lowest BCUT2D eigenvalue weighted by atomic mass is 10.1. The van der Waals surface area contributed by atoms with Gasteiger partial charge in [-0.25, -0.2) is 4.98 Å². The largest absolute Gasteiger partial charge is 0.494 e. The standard InChI is InChI=1S/C25H25N3O5S/c1-2-32-18-9-10-20-21(14-18)34-25(26-20)27(15-19-4-3-13-33-19)24(31)16-5-7-17(8-6-16)28-22(29)11-12-23(28)30/h5-10,14,19H,2-4,11-13,15H2,1H3. The van der Waals surface area contributed by atoms with Crippen LogP contribution in [0.3, 0.4) is 0 Å². The summed E-state index contributed by atoms with van der Waals surface area (Å²) in [7, 11) is 0. The van der Waals surface area contributed by atoms with Crippen LogP contribution in [0.5, 0.6) is 5.75 Å². The average Bonchev–Trinajstić information content (AvgIpc) is 3.57. The first kappa shape index (κ1) is 22.5. The highest BCUT2D eigenvalue weighted by atomic mass is 32.1. The van der Waals surface area contributed by atoms with Gasteiger partial charge in [-0.3, -0.25) is 24.2 Å². The van der Waals surface area contributed by atoms with Crippen molar-refractivity contribution in [1.29, 1.82) is 0 Å². The molecule has 0 N–H and O–H groups in total. The summed E-state index contributed by atoms with van der Waals surface area (Å²) in [5.74, 6) is 0.129. The van der Waals surface area contributed by atoms with E-state index >= 15 is 0 Å². The van der Waals surface area contributed by atoms with E-state index in [4.69, 9.17) is 14.5 Å². The van der Waals surface area contributed by atoms with Gasteiger partial charge < -0.3 is 9.47 Å². The van der Waals surface area contributed by atoms with Crippen molar-refractivity contribution in [1.82, 2.24) is 4.98 Å². The van der Waals surface area contributed by atoms with Crippen LogP contribution in [0.1, 0.15) is 43.0 Å². The molecule has 3 aromatic rings. The molecule has 0 spiro atoms. The number of imide groups is 1. The van der Waals surface area contributed by atoms with Gasteiger partial charge in [0.2, 0.25) is 11.8 Å². The molecule has 1 atom stereocenters. The van der Waals surface area contributed by atoms with Crippen LogP contribution in [0.2, 0.25) is 0 Å². The van der Waals surface area contributed by atoms with Gasteiger partial charge in [-0.05, 0) is 62.2 Å². The van der Waals surface area contributed by atoms with E-state index in [1.165, 1.54) is 16.2 Å². The monoisotopic (exact) mass is 479 g/mol. The number of carbonyl (C=O) groups is 3. The summed E-state index contributed by atoms with van der Waals surface area (Å²) in [6.45, 7) is 3.61. The van der Waals surface area contributed by atoms with Crippen LogP contribution in [-0.2, 0) is 14.3 Å². The van der Waals surface area contributed by atoms with E-state index in [0.29, 0.717) is 36.1 Å². The Balaban J connectivity index is 1.44. The van der Waals surface area contributed by atoms with E-state index in [1.807, 2.05) is 25.1 Å². The van der Waals surface area contributed by atoms with Gasteiger partial charge in [0.05, 0.1) is 35.2 Å². The number of aromatic nitrogens is 1. The van der Waals surface area contributed by atoms with Gasteiger partial charge in [0.15, 0.2) is 5.13 Å². The van der Waals surface area contributed by atoms with E-state index in [0.717, 1.165) is 28.8 Å². The number of thiazole rings is 1. The summed E-state index contributed by atoms with van der Waals surface area (Å²) in [4.78, 5) is 45.3. The molecular formula is C25H25N3O5S. The van der Waals surface area contributed by atoms with Crippen molar-refractivity contribution in [3.63, 3.8) is 0 Å². The van der Waals surface area contributed by atoms with E-state index in [2.05, 4.69) is 0 Å². The number of ether oxygens (including phenoxy) is 2. The van der Waals surface area contributed by atoms with Crippen LogP contribution in [0.15, 0.2) is 42.5 Å². The number of benzene rings is 2. The SMILES string of the molecule is CCOc1ccc2nc(N(CC3CCCO3)C(=O)c3ccc(N4C(=O)CCC4=O)cc3)sc2c1. The summed E-state index contributed by atoms with van der Waals surface area (Å²) in [5, 5.41) is 0.595. The second-order valence-electron chi connectivity index (χ2n) is 8.28. The van der Waals surface area contributed by atoms with E-state index in [1.54, 1.807) is 29.2 Å². The molecule has 2 fully saturated rings. The van der Waals surface area contributed by atoms with Crippen LogP contribution < -0.4 is 14.5 Å². The predicted octanol–water partition coefficient (Wildman–Crippen LogP) is 4.17. The second kappa shape index (κ2) is 9.52. The molecule has 34 heavy (non-hydrogen) atoms. The molecule has 2 aliphatic heterocycles. The zero-order chi connectivity index (χ0) is 23.7. The first-order chi connectivity index (χ1) is 16.5. The van der Waals surface area contributed by atoms with E-state index < -0.39 is 0 Å². The smallest absolute Gasteiger partial charge is 0.260 e. The average molecular weight is 480 g/mol. The number of carbonyl (C=O) groups excluding carboxylic acids is 3. The summed E-state index contributed by atoms with van der Waals surface area (Å²) >= 11 is 1.44. The summed E-state index contributed by atoms with van der Waals surface area (Å²) in [6.07, 6.45) is 2.25. The molecule has 8 nitrogen and oxygen atoms in total. The lowest BCUT2D eigenvalue weighted by Gasteiger charge is -2.23. The van der Waals surface area contributed by atoms with Gasteiger partial charge in [-0.15, -0.1) is 0 Å². The molecule has 1 aromatic heterocycles. The predicted molar refractivity (Wildman–Crippen MR) is 130 cm³/mol. The Labute approximate surface area is 201 Å². The van der Waals surface area contributed by atoms with Gasteiger partial charge in [0.1, 0.15) is 5.75 Å². The normalized spacial score (nSPS) is 18.1. The third-order valence-corrected chi connectivity index (χ3v) is 7.01. The van der Waals surface area contributed by atoms with Crippen molar-refractivity contribution in [3.8, 4) is 5.75 Å². The lowest BCUT2D eigenvalue weighted by Crippen LogP contribution is -2.37. The maximum Gasteiger partial charge on any atom is 0.260 e. The molecular weight excluding hydrogens is 454 g/mol. The molecule has 0 bridgehead atoms. The number of hydrogen-bond acceptors (Lipinski definition) is 7. The van der Waals surface area contributed by atoms with Crippen LogP contribution in [0.4, 0.5) is 10.8 Å². The minimum absolute atomic E-state index is 0.0472. The van der Waals surface area contributed by atoms with Crippen molar-refractivity contribution in [2.75, 3.05) is 29.6 Å². The zero-order valence-corrected chi connectivity index (χ0v) is 19.7. The van der Waals surface area contributed by atoms with Gasteiger partial charge in [0.25, 0.3) is 5.91 Å². The van der Waals surface area contributed by atoms with Crippen molar-refractivity contribution < 1.29 is 23.9 Å². The zero-order valence-electron chi connectivity index (χ0n) is 18.9. The Bertz CT molecular complexity index is 1220. The molecule has 176 valence electrons. The third-order valence-electron chi connectivity index (χ3n) is 5.97. The fraction of sp³-hybridized carbons (Fsp3) is 0.360. The van der Waals surface area contributed by atoms with Crippen LogP contribution in [0.25, 0.3) is 10.2 Å². The number of amides is 3. The lowest BCUT2D eigenvalue weighted by molar-refractivity contribution is -0.121. The maximum absolute atomic E-state index is 13.6. The molecule has 2 saturated heterocycles. The Hall–Kier alpha value is -3.30. The summed E-state index contributed by atoms with van der Waals surface area (Å²) in [5.41, 5.74) is 1.74. The number of nitrogens with zero attached hydrogens (tertiary/aromatic N) is 3. The summed E-state index contributed by atoms with van der Waals surface area (Å²) in [6, 6.07) is 12.3. The first-order valence-electron chi connectivity index (χ1n) is 11.5. The highest BCUT2D eigenvalue weighted by molar-refractivity contribution is 7.22. The molecule has 3 amide bonds. The molecule has 0 radical (unpaired) electrons. The second-order valence-corrected chi connectivity index (χ2v) is 9.29. The van der Waals surface area contributed by atoms with Crippen molar-refractivity contribution in [3.05, 3.63) is 48.0 Å². The molecule has 3 heterocycles. The van der Waals surface area contributed by atoms with E-state index in [-0.39, 0.29) is 36.7 Å². The van der Waals surface area contributed by atoms with Crippen molar-refractivity contribution in [2.45, 2.75) is 38.7 Å². The third kappa shape index (κ3) is 4.41. The quantitative estimate of drug-likeness (QED) is 0.473. The molecule has 0 aliphatic carbocycles. The van der Waals surface area contributed by atoms with Crippen molar-refractivity contribution in [2.24, 2.45) is 0 Å². The number of hydrogen-bond donors (Lipinski definition) is 0. The Morgan fingerprint density at radius 3 is 2.62 bits per heavy atom. The highest BCUT2D eigenvalue weighted by Crippen LogP contribution is 2.33. The van der Waals surface area contributed by atoms with Crippen molar-refractivity contribution >= 4 is 50.1 Å². The Kier molecular flexibility index (Phi) is 6.30. The molecule has 2 aromatic carbocycles. The minimum Gasteiger partial charge on any atom is -0.494 e. The van der Waals surface area contributed by atoms with Gasteiger partial charge in [0, 0.05) is 25.0 Å². The minimum atomic E-state index is -0.218. The fourth-order valence-electron chi connectivity index (χ4n) is 4.28. The van der Waals surface area contributed by atoms with Gasteiger partial charge in [-0.1, -0.05) is 11.3 Å². The summed E-state index contributed by atoms with van der Waals surface area (Å²) < 4.78 is 12.3. The number of anilines is 2. The highest BCUT2D eigenvalue weighted by Gasteiger charge is 2.31. The molecule has 2 aliphatic rings. The van der Waals surface area contributed by atoms with Crippen LogP contribution in [0, 0.1) is 0 Å².